The molecule has 1 rings (SSSR count). The zero-order valence-electron chi connectivity index (χ0n) is 9.11. The Balaban J connectivity index is 2.70. The van der Waals surface area contributed by atoms with Gasteiger partial charge in [0.05, 0.1) is 18.2 Å². The van der Waals surface area contributed by atoms with E-state index in [9.17, 15) is 4.79 Å². The van der Waals surface area contributed by atoms with Gasteiger partial charge in [0, 0.05) is 13.1 Å². The average Bonchev–Trinajstić information content (AvgIpc) is 2.45. The van der Waals surface area contributed by atoms with Crippen LogP contribution in [-0.4, -0.2) is 21.7 Å². The largest absolute Gasteiger partial charge is 0.347 e. The first-order valence-corrected chi connectivity index (χ1v) is 4.73. The second kappa shape index (κ2) is 4.60. The molecule has 5 nitrogen and oxygen atoms in total. The predicted molar refractivity (Wildman–Crippen MR) is 55.1 cm³/mol. The van der Waals surface area contributed by atoms with Crippen molar-refractivity contribution in [3.63, 3.8) is 0 Å². The van der Waals surface area contributed by atoms with Crippen LogP contribution in [0.15, 0.2) is 6.07 Å². The van der Waals surface area contributed by atoms with Gasteiger partial charge >= 0.3 is 0 Å². The topological polar surface area (TPSA) is 70.7 Å². The maximum atomic E-state index is 11.7. The van der Waals surface area contributed by atoms with Crippen LogP contribution in [0.25, 0.3) is 0 Å². The van der Waals surface area contributed by atoms with Gasteiger partial charge in [0.2, 0.25) is 0 Å². The summed E-state index contributed by atoms with van der Waals surface area (Å²) in [4.78, 5) is 11.7. The van der Waals surface area contributed by atoms with Crippen molar-refractivity contribution < 1.29 is 4.79 Å². The number of nitrogens with zero attached hydrogens (tertiary/aromatic N) is 3. The minimum atomic E-state index is -0.194. The van der Waals surface area contributed by atoms with Gasteiger partial charge in [0.1, 0.15) is 5.69 Å². The van der Waals surface area contributed by atoms with Gasteiger partial charge in [-0.1, -0.05) is 0 Å². The van der Waals surface area contributed by atoms with Gasteiger partial charge in [-0.3, -0.25) is 9.48 Å². The number of nitriles is 1. The number of aryl methyl sites for hydroxylation is 2. The summed E-state index contributed by atoms with van der Waals surface area (Å²) in [6, 6.07) is 3.58. The van der Waals surface area contributed by atoms with Crippen LogP contribution in [0.5, 0.6) is 0 Å². The van der Waals surface area contributed by atoms with Crippen LogP contribution in [0.4, 0.5) is 0 Å². The van der Waals surface area contributed by atoms with E-state index in [0.717, 1.165) is 5.69 Å². The van der Waals surface area contributed by atoms with Gasteiger partial charge < -0.3 is 5.32 Å². The third-order valence-electron chi connectivity index (χ3n) is 2.01. The van der Waals surface area contributed by atoms with Gasteiger partial charge in [-0.05, 0) is 19.9 Å². The summed E-state index contributed by atoms with van der Waals surface area (Å²) in [6.45, 7) is 3.62. The Labute approximate surface area is 88.7 Å². The molecule has 0 bridgehead atoms. The Morgan fingerprint density at radius 3 is 2.93 bits per heavy atom. The summed E-state index contributed by atoms with van der Waals surface area (Å²) in [7, 11) is 1.72. The molecule has 1 unspecified atom stereocenters. The van der Waals surface area contributed by atoms with Crippen molar-refractivity contribution in [1.82, 2.24) is 15.1 Å². The van der Waals surface area contributed by atoms with Crippen LogP contribution in [0.3, 0.4) is 0 Å². The normalized spacial score (nSPS) is 11.9. The molecular weight excluding hydrogens is 192 g/mol. The molecule has 0 radical (unpaired) electrons. The highest BCUT2D eigenvalue weighted by molar-refractivity contribution is 5.92. The molecule has 0 aliphatic heterocycles. The molecule has 1 aromatic rings. The molecule has 0 saturated heterocycles. The van der Waals surface area contributed by atoms with Crippen molar-refractivity contribution in [3.8, 4) is 6.07 Å². The van der Waals surface area contributed by atoms with E-state index in [-0.39, 0.29) is 11.9 Å². The molecule has 1 aromatic heterocycles. The zero-order chi connectivity index (χ0) is 11.4. The van der Waals surface area contributed by atoms with Crippen molar-refractivity contribution >= 4 is 5.91 Å². The summed E-state index contributed by atoms with van der Waals surface area (Å²) in [6.07, 6.45) is 0.308. The number of aromatic nitrogens is 2. The molecule has 1 amide bonds. The average molecular weight is 206 g/mol. The summed E-state index contributed by atoms with van der Waals surface area (Å²) in [5, 5.41) is 15.3. The fourth-order valence-electron chi connectivity index (χ4n) is 1.31. The number of carbonyl (C=O) groups excluding carboxylic acids is 1. The van der Waals surface area contributed by atoms with Gasteiger partial charge in [0.15, 0.2) is 0 Å². The Morgan fingerprint density at radius 1 is 1.80 bits per heavy atom. The Hall–Kier alpha value is -1.83. The molecule has 0 saturated carbocycles. The van der Waals surface area contributed by atoms with E-state index in [2.05, 4.69) is 10.4 Å². The van der Waals surface area contributed by atoms with E-state index in [0.29, 0.717) is 12.1 Å². The van der Waals surface area contributed by atoms with Gasteiger partial charge in [-0.15, -0.1) is 0 Å². The molecule has 0 aliphatic carbocycles. The van der Waals surface area contributed by atoms with Gasteiger partial charge in [-0.2, -0.15) is 10.4 Å². The minimum absolute atomic E-state index is 0.141. The van der Waals surface area contributed by atoms with Crippen molar-refractivity contribution in [1.29, 1.82) is 5.26 Å². The number of hydrogen-bond acceptors (Lipinski definition) is 3. The molecule has 80 valence electrons. The standard InChI is InChI=1S/C10H14N4O/c1-7(4-5-11)12-10(15)9-6-8(2)13-14(9)3/h6-7H,4H2,1-3H3,(H,12,15). The molecule has 0 aromatic carbocycles. The molecule has 15 heavy (non-hydrogen) atoms. The first kappa shape index (κ1) is 11.2. The van der Waals surface area contributed by atoms with Crippen LogP contribution < -0.4 is 5.32 Å². The lowest BCUT2D eigenvalue weighted by atomic mass is 10.2. The first-order valence-electron chi connectivity index (χ1n) is 4.73. The Bertz CT molecular complexity index is 402. The van der Waals surface area contributed by atoms with E-state index >= 15 is 0 Å². The first-order chi connectivity index (χ1) is 7.04. The fourth-order valence-corrected chi connectivity index (χ4v) is 1.31. The number of amides is 1. The molecule has 1 heterocycles. The molecule has 1 N–H and O–H groups in total. The number of hydrogen-bond donors (Lipinski definition) is 1. The van der Waals surface area contributed by atoms with E-state index in [1.165, 1.54) is 4.68 Å². The summed E-state index contributed by atoms with van der Waals surface area (Å²) in [5.41, 5.74) is 1.31. The molecular formula is C10H14N4O. The van der Waals surface area contributed by atoms with Crippen LogP contribution in [0, 0.1) is 18.3 Å². The predicted octanol–water partition coefficient (Wildman–Crippen LogP) is 0.760. The number of nitrogens with one attached hydrogen (secondary N) is 1. The van der Waals surface area contributed by atoms with Crippen LogP contribution in [0.2, 0.25) is 0 Å². The van der Waals surface area contributed by atoms with E-state index in [4.69, 9.17) is 5.26 Å². The van der Waals surface area contributed by atoms with Crippen molar-refractivity contribution in [2.24, 2.45) is 7.05 Å². The molecule has 1 atom stereocenters. The van der Waals surface area contributed by atoms with Crippen LogP contribution in [-0.2, 0) is 7.05 Å². The maximum absolute atomic E-state index is 11.7. The summed E-state index contributed by atoms with van der Waals surface area (Å²) in [5.74, 6) is -0.194. The second-order valence-electron chi connectivity index (χ2n) is 3.53. The smallest absolute Gasteiger partial charge is 0.269 e. The number of rotatable bonds is 3. The van der Waals surface area contributed by atoms with Crippen molar-refractivity contribution in [3.05, 3.63) is 17.5 Å². The highest BCUT2D eigenvalue weighted by Gasteiger charge is 2.13. The molecule has 5 heteroatoms. The van der Waals surface area contributed by atoms with Crippen LogP contribution >= 0.6 is 0 Å². The third kappa shape index (κ3) is 2.81. The fraction of sp³-hybridized carbons (Fsp3) is 0.500. The van der Waals surface area contributed by atoms with Crippen molar-refractivity contribution in [2.75, 3.05) is 0 Å². The Kier molecular flexibility index (Phi) is 3.45. The van der Waals surface area contributed by atoms with Crippen LogP contribution in [0.1, 0.15) is 29.5 Å². The highest BCUT2D eigenvalue weighted by atomic mass is 16.2. The van der Waals surface area contributed by atoms with E-state index < -0.39 is 0 Å². The molecule has 0 spiro atoms. The lowest BCUT2D eigenvalue weighted by Gasteiger charge is -2.09. The molecule has 0 aliphatic rings. The molecule has 0 fully saturated rings. The van der Waals surface area contributed by atoms with Crippen molar-refractivity contribution in [2.45, 2.75) is 26.3 Å². The summed E-state index contributed by atoms with van der Waals surface area (Å²) >= 11 is 0. The lowest BCUT2D eigenvalue weighted by Crippen LogP contribution is -2.33. The van der Waals surface area contributed by atoms with E-state index in [1.54, 1.807) is 20.0 Å². The quantitative estimate of drug-likeness (QED) is 0.793. The van der Waals surface area contributed by atoms with Gasteiger partial charge in [-0.25, -0.2) is 0 Å². The SMILES string of the molecule is Cc1cc(C(=O)NC(C)CC#N)n(C)n1. The van der Waals surface area contributed by atoms with E-state index in [1.807, 2.05) is 13.0 Å². The highest BCUT2D eigenvalue weighted by Crippen LogP contribution is 2.02. The third-order valence-corrected chi connectivity index (χ3v) is 2.01. The zero-order valence-corrected chi connectivity index (χ0v) is 9.11. The lowest BCUT2D eigenvalue weighted by molar-refractivity contribution is 0.0931. The summed E-state index contributed by atoms with van der Waals surface area (Å²) < 4.78 is 1.53. The Morgan fingerprint density at radius 2 is 2.47 bits per heavy atom. The second-order valence-corrected chi connectivity index (χ2v) is 3.53. The number of carbonyl (C=O) groups is 1. The monoisotopic (exact) mass is 206 g/mol. The van der Waals surface area contributed by atoms with Gasteiger partial charge in [0.25, 0.3) is 5.91 Å². The minimum Gasteiger partial charge on any atom is -0.347 e. The maximum Gasteiger partial charge on any atom is 0.269 e.